The monoisotopic (exact) mass is 281 g/mol. The molecule has 0 aromatic carbocycles. The predicted molar refractivity (Wildman–Crippen MR) is 78.8 cm³/mol. The third kappa shape index (κ3) is 2.64. The molecule has 0 spiro atoms. The molecule has 4 nitrogen and oxygen atoms in total. The minimum atomic E-state index is 0.135. The molecular weight excluding hydrogens is 258 g/mol. The molecule has 0 saturated carbocycles. The number of rotatable bonds is 4. The Morgan fingerprint density at radius 3 is 3.05 bits per heavy atom. The summed E-state index contributed by atoms with van der Waals surface area (Å²) in [5.41, 5.74) is 1.11. The number of hydrogen-bond acceptors (Lipinski definition) is 5. The van der Waals surface area contributed by atoms with Gasteiger partial charge in [-0.15, -0.1) is 0 Å². The first-order valence-corrected chi connectivity index (χ1v) is 8.22. The van der Waals surface area contributed by atoms with Crippen LogP contribution < -0.4 is 4.90 Å². The van der Waals surface area contributed by atoms with Crippen LogP contribution in [0.15, 0.2) is 0 Å². The minimum Gasteiger partial charge on any atom is -0.391 e. The highest BCUT2D eigenvalue weighted by atomic mass is 32.1. The molecular formula is C14H23N3OS. The van der Waals surface area contributed by atoms with Gasteiger partial charge in [-0.3, -0.25) is 4.90 Å². The van der Waals surface area contributed by atoms with Crippen molar-refractivity contribution in [2.24, 2.45) is 0 Å². The van der Waals surface area contributed by atoms with E-state index in [4.69, 9.17) is 4.98 Å². The molecule has 1 atom stereocenters. The van der Waals surface area contributed by atoms with Crippen molar-refractivity contribution in [3.63, 3.8) is 0 Å². The highest BCUT2D eigenvalue weighted by Gasteiger charge is 2.31. The van der Waals surface area contributed by atoms with Crippen molar-refractivity contribution in [2.75, 3.05) is 31.1 Å². The van der Waals surface area contributed by atoms with E-state index < -0.39 is 0 Å². The average Bonchev–Trinajstić information content (AvgIpc) is 3.04. The van der Waals surface area contributed by atoms with Gasteiger partial charge >= 0.3 is 0 Å². The van der Waals surface area contributed by atoms with Crippen LogP contribution in [0.4, 0.5) is 5.13 Å². The number of thiazole rings is 1. The first-order valence-electron chi connectivity index (χ1n) is 7.40. The van der Waals surface area contributed by atoms with Gasteiger partial charge in [-0.25, -0.2) is 4.98 Å². The quantitative estimate of drug-likeness (QED) is 0.914. The van der Waals surface area contributed by atoms with Gasteiger partial charge in [0.15, 0.2) is 5.13 Å². The molecule has 1 aromatic heterocycles. The highest BCUT2D eigenvalue weighted by Crippen LogP contribution is 2.31. The zero-order valence-electron chi connectivity index (χ0n) is 11.6. The van der Waals surface area contributed by atoms with Crippen molar-refractivity contribution in [3.8, 4) is 0 Å². The molecule has 106 valence electrons. The molecule has 1 N–H and O–H groups in total. The van der Waals surface area contributed by atoms with Gasteiger partial charge in [-0.1, -0.05) is 24.7 Å². The zero-order chi connectivity index (χ0) is 13.2. The molecule has 5 heteroatoms. The van der Waals surface area contributed by atoms with Gasteiger partial charge in [0.1, 0.15) is 0 Å². The van der Waals surface area contributed by atoms with E-state index in [1.54, 1.807) is 11.3 Å². The fraction of sp³-hybridized carbons (Fsp3) is 0.786. The van der Waals surface area contributed by atoms with Gasteiger partial charge in [0.05, 0.1) is 17.2 Å². The standard InChI is InChI=1S/C14H23N3OS/c1-2-4-12-13(10-18)19-14(15-12)17-8-7-16-6-3-5-11(16)9-17/h11,18H,2-10H2,1H3. The number of piperazine rings is 1. The van der Waals surface area contributed by atoms with E-state index in [2.05, 4.69) is 16.7 Å². The Balaban J connectivity index is 1.74. The third-order valence-electron chi connectivity index (χ3n) is 4.26. The molecule has 0 aliphatic carbocycles. The smallest absolute Gasteiger partial charge is 0.185 e. The van der Waals surface area contributed by atoms with Gasteiger partial charge in [0.2, 0.25) is 0 Å². The number of anilines is 1. The summed E-state index contributed by atoms with van der Waals surface area (Å²) in [5, 5.41) is 10.6. The summed E-state index contributed by atoms with van der Waals surface area (Å²) in [4.78, 5) is 10.9. The fourth-order valence-corrected chi connectivity index (χ4v) is 4.23. The van der Waals surface area contributed by atoms with Crippen LogP contribution >= 0.6 is 11.3 Å². The Kier molecular flexibility index (Phi) is 4.05. The summed E-state index contributed by atoms with van der Waals surface area (Å²) in [6, 6.07) is 0.727. The van der Waals surface area contributed by atoms with Crippen LogP contribution in [0.25, 0.3) is 0 Å². The lowest BCUT2D eigenvalue weighted by atomic mass is 10.2. The molecule has 2 fully saturated rings. The second-order valence-electron chi connectivity index (χ2n) is 5.55. The lowest BCUT2D eigenvalue weighted by molar-refractivity contribution is 0.231. The number of aromatic nitrogens is 1. The summed E-state index contributed by atoms with van der Waals surface area (Å²) in [6.45, 7) is 6.94. The Labute approximate surface area is 119 Å². The molecule has 19 heavy (non-hydrogen) atoms. The van der Waals surface area contributed by atoms with Crippen LogP contribution in [0.1, 0.15) is 36.8 Å². The first kappa shape index (κ1) is 13.3. The number of hydrogen-bond donors (Lipinski definition) is 1. The highest BCUT2D eigenvalue weighted by molar-refractivity contribution is 7.15. The van der Waals surface area contributed by atoms with Gasteiger partial charge in [-0.2, -0.15) is 0 Å². The van der Waals surface area contributed by atoms with Crippen LogP contribution in [0.3, 0.4) is 0 Å². The van der Waals surface area contributed by atoms with Crippen LogP contribution in [-0.4, -0.2) is 47.2 Å². The van der Waals surface area contributed by atoms with Crippen LogP contribution in [0, 0.1) is 0 Å². The van der Waals surface area contributed by atoms with Gasteiger partial charge < -0.3 is 10.0 Å². The maximum atomic E-state index is 9.45. The van der Waals surface area contributed by atoms with Crippen molar-refractivity contribution in [2.45, 2.75) is 45.3 Å². The molecule has 0 radical (unpaired) electrons. The number of aliphatic hydroxyl groups excluding tert-OH is 1. The fourth-order valence-electron chi connectivity index (χ4n) is 3.23. The Hall–Kier alpha value is -0.650. The Morgan fingerprint density at radius 1 is 1.37 bits per heavy atom. The van der Waals surface area contributed by atoms with Crippen molar-refractivity contribution >= 4 is 16.5 Å². The molecule has 2 saturated heterocycles. The Bertz CT molecular complexity index is 434. The molecule has 1 aromatic rings. The number of aliphatic hydroxyl groups is 1. The minimum absolute atomic E-state index is 0.135. The van der Waals surface area contributed by atoms with Crippen molar-refractivity contribution in [1.29, 1.82) is 0 Å². The number of aryl methyl sites for hydroxylation is 1. The van der Waals surface area contributed by atoms with E-state index in [0.29, 0.717) is 0 Å². The van der Waals surface area contributed by atoms with E-state index in [1.807, 2.05) is 0 Å². The molecule has 1 unspecified atom stereocenters. The summed E-state index contributed by atoms with van der Waals surface area (Å²) in [7, 11) is 0. The van der Waals surface area contributed by atoms with Gasteiger partial charge in [0.25, 0.3) is 0 Å². The predicted octanol–water partition coefficient (Wildman–Crippen LogP) is 1.87. The third-order valence-corrected chi connectivity index (χ3v) is 5.40. The van der Waals surface area contributed by atoms with Gasteiger partial charge in [0, 0.05) is 25.7 Å². The second-order valence-corrected chi connectivity index (χ2v) is 6.61. The van der Waals surface area contributed by atoms with Crippen molar-refractivity contribution in [3.05, 3.63) is 10.6 Å². The number of fused-ring (bicyclic) bond motifs is 1. The largest absolute Gasteiger partial charge is 0.391 e. The molecule has 3 rings (SSSR count). The van der Waals surface area contributed by atoms with E-state index in [-0.39, 0.29) is 6.61 Å². The normalized spacial score (nSPS) is 23.9. The first-order chi connectivity index (χ1) is 9.31. The average molecular weight is 281 g/mol. The van der Waals surface area contributed by atoms with E-state index in [0.717, 1.165) is 47.7 Å². The Morgan fingerprint density at radius 2 is 2.26 bits per heavy atom. The second kappa shape index (κ2) is 5.77. The lowest BCUT2D eigenvalue weighted by Gasteiger charge is -2.37. The van der Waals surface area contributed by atoms with Crippen molar-refractivity contribution < 1.29 is 5.11 Å². The number of nitrogens with zero attached hydrogens (tertiary/aromatic N) is 3. The van der Waals surface area contributed by atoms with E-state index >= 15 is 0 Å². The van der Waals surface area contributed by atoms with E-state index in [9.17, 15) is 5.11 Å². The van der Waals surface area contributed by atoms with Crippen molar-refractivity contribution in [1.82, 2.24) is 9.88 Å². The maximum absolute atomic E-state index is 9.45. The van der Waals surface area contributed by atoms with Crippen LogP contribution in [0.5, 0.6) is 0 Å². The molecule has 2 aliphatic heterocycles. The molecule has 0 amide bonds. The topological polar surface area (TPSA) is 39.6 Å². The molecule has 3 heterocycles. The SMILES string of the molecule is CCCc1nc(N2CCN3CCCC3C2)sc1CO. The molecule has 2 aliphatic rings. The maximum Gasteiger partial charge on any atom is 0.185 e. The summed E-state index contributed by atoms with van der Waals surface area (Å²) in [5.74, 6) is 0. The van der Waals surface area contributed by atoms with E-state index in [1.165, 1.54) is 25.9 Å². The molecule has 0 bridgehead atoms. The summed E-state index contributed by atoms with van der Waals surface area (Å²) in [6.07, 6.45) is 4.75. The van der Waals surface area contributed by atoms with Crippen LogP contribution in [-0.2, 0) is 13.0 Å². The van der Waals surface area contributed by atoms with Gasteiger partial charge in [-0.05, 0) is 25.8 Å². The zero-order valence-corrected chi connectivity index (χ0v) is 12.5. The van der Waals surface area contributed by atoms with Crippen LogP contribution in [0.2, 0.25) is 0 Å². The lowest BCUT2D eigenvalue weighted by Crippen LogP contribution is -2.50. The summed E-state index contributed by atoms with van der Waals surface area (Å²) < 4.78 is 0. The summed E-state index contributed by atoms with van der Waals surface area (Å²) >= 11 is 1.69.